The van der Waals surface area contributed by atoms with Gasteiger partial charge in [0.1, 0.15) is 11.5 Å². The maximum atomic E-state index is 10.1. The maximum Gasteiger partial charge on any atom is 0.115 e. The predicted octanol–water partition coefficient (Wildman–Crippen LogP) is 5.95. The molecule has 3 aromatic rings. The SMILES string of the molecule is CCCC1=C(c2ccc(O)cc2)C(c2ccccc2)c2cc(O)ccc21. The van der Waals surface area contributed by atoms with E-state index in [1.54, 1.807) is 18.2 Å². The fraction of sp³-hybridized carbons (Fsp3) is 0.167. The van der Waals surface area contributed by atoms with Crippen molar-refractivity contribution < 1.29 is 10.2 Å². The third-order valence-corrected chi connectivity index (χ3v) is 5.10. The zero-order chi connectivity index (χ0) is 18.1. The van der Waals surface area contributed by atoms with Crippen molar-refractivity contribution >= 4 is 11.1 Å². The number of hydrogen-bond acceptors (Lipinski definition) is 2. The first-order valence-electron chi connectivity index (χ1n) is 9.09. The molecular weight excluding hydrogens is 320 g/mol. The van der Waals surface area contributed by atoms with Crippen LogP contribution in [0.15, 0.2) is 72.8 Å². The molecule has 4 rings (SSSR count). The van der Waals surface area contributed by atoms with E-state index in [0.29, 0.717) is 5.75 Å². The Balaban J connectivity index is 1.99. The van der Waals surface area contributed by atoms with Crippen LogP contribution in [0.3, 0.4) is 0 Å². The maximum absolute atomic E-state index is 10.1. The lowest BCUT2D eigenvalue weighted by molar-refractivity contribution is 0.474. The molecule has 0 fully saturated rings. The van der Waals surface area contributed by atoms with Gasteiger partial charge in [-0.05, 0) is 64.1 Å². The van der Waals surface area contributed by atoms with Crippen LogP contribution in [0.2, 0.25) is 0 Å². The molecular formula is C24H22O2. The van der Waals surface area contributed by atoms with Crippen LogP contribution in [0.25, 0.3) is 11.1 Å². The van der Waals surface area contributed by atoms with Crippen LogP contribution in [0.4, 0.5) is 0 Å². The van der Waals surface area contributed by atoms with Crippen LogP contribution in [-0.4, -0.2) is 10.2 Å². The van der Waals surface area contributed by atoms with Crippen molar-refractivity contribution in [3.8, 4) is 11.5 Å². The molecule has 2 heteroatoms. The Morgan fingerprint density at radius 2 is 1.50 bits per heavy atom. The molecule has 0 aromatic heterocycles. The monoisotopic (exact) mass is 342 g/mol. The van der Waals surface area contributed by atoms with Gasteiger partial charge in [-0.2, -0.15) is 0 Å². The first-order chi connectivity index (χ1) is 12.7. The summed E-state index contributed by atoms with van der Waals surface area (Å²) < 4.78 is 0. The highest BCUT2D eigenvalue weighted by Crippen LogP contribution is 2.52. The van der Waals surface area contributed by atoms with Crippen molar-refractivity contribution in [3.63, 3.8) is 0 Å². The summed E-state index contributed by atoms with van der Waals surface area (Å²) in [5, 5.41) is 19.8. The van der Waals surface area contributed by atoms with Gasteiger partial charge in [0.2, 0.25) is 0 Å². The van der Waals surface area contributed by atoms with Crippen molar-refractivity contribution in [1.29, 1.82) is 0 Å². The predicted molar refractivity (Wildman–Crippen MR) is 106 cm³/mol. The van der Waals surface area contributed by atoms with E-state index in [4.69, 9.17) is 0 Å². The highest BCUT2D eigenvalue weighted by Gasteiger charge is 2.33. The van der Waals surface area contributed by atoms with Gasteiger partial charge in [0.15, 0.2) is 0 Å². The Bertz CT molecular complexity index is 953. The second-order valence-corrected chi connectivity index (χ2v) is 6.80. The molecule has 0 heterocycles. The highest BCUT2D eigenvalue weighted by atomic mass is 16.3. The Morgan fingerprint density at radius 1 is 0.808 bits per heavy atom. The molecule has 26 heavy (non-hydrogen) atoms. The molecule has 1 unspecified atom stereocenters. The molecule has 2 N–H and O–H groups in total. The minimum atomic E-state index is 0.0874. The van der Waals surface area contributed by atoms with E-state index in [-0.39, 0.29) is 11.7 Å². The topological polar surface area (TPSA) is 40.5 Å². The van der Waals surface area contributed by atoms with E-state index >= 15 is 0 Å². The third-order valence-electron chi connectivity index (χ3n) is 5.10. The van der Waals surface area contributed by atoms with Gasteiger partial charge in [0, 0.05) is 5.92 Å². The summed E-state index contributed by atoms with van der Waals surface area (Å²) in [7, 11) is 0. The lowest BCUT2D eigenvalue weighted by Gasteiger charge is -2.19. The first-order valence-corrected chi connectivity index (χ1v) is 9.09. The van der Waals surface area contributed by atoms with Crippen molar-refractivity contribution in [2.24, 2.45) is 0 Å². The Hall–Kier alpha value is -3.00. The molecule has 2 nitrogen and oxygen atoms in total. The standard InChI is InChI=1S/C24H22O2/c1-2-6-21-20-14-13-19(26)15-22(20)24(16-7-4-3-5-8-16)23(21)17-9-11-18(25)12-10-17/h3-5,7-15,24-26H,2,6H2,1H3. The van der Waals surface area contributed by atoms with E-state index in [1.165, 1.54) is 22.3 Å². The van der Waals surface area contributed by atoms with Crippen molar-refractivity contribution in [3.05, 3.63) is 95.1 Å². The van der Waals surface area contributed by atoms with E-state index in [9.17, 15) is 10.2 Å². The van der Waals surface area contributed by atoms with Crippen LogP contribution >= 0.6 is 0 Å². The van der Waals surface area contributed by atoms with Crippen molar-refractivity contribution in [1.82, 2.24) is 0 Å². The smallest absolute Gasteiger partial charge is 0.115 e. The largest absolute Gasteiger partial charge is 0.508 e. The molecule has 1 aliphatic carbocycles. The van der Waals surface area contributed by atoms with Gasteiger partial charge in [-0.25, -0.2) is 0 Å². The van der Waals surface area contributed by atoms with E-state index < -0.39 is 0 Å². The Kier molecular flexibility index (Phi) is 4.26. The van der Waals surface area contributed by atoms with Gasteiger partial charge in [-0.3, -0.25) is 0 Å². The van der Waals surface area contributed by atoms with E-state index in [0.717, 1.165) is 24.0 Å². The number of phenols is 2. The summed E-state index contributed by atoms with van der Waals surface area (Å²) in [6.45, 7) is 2.19. The average molecular weight is 342 g/mol. The summed E-state index contributed by atoms with van der Waals surface area (Å²) >= 11 is 0. The second kappa shape index (κ2) is 6.72. The number of aromatic hydroxyl groups is 2. The molecule has 0 aliphatic heterocycles. The molecule has 130 valence electrons. The Morgan fingerprint density at radius 3 is 2.19 bits per heavy atom. The molecule has 0 saturated heterocycles. The van der Waals surface area contributed by atoms with Crippen LogP contribution in [-0.2, 0) is 0 Å². The molecule has 0 amide bonds. The zero-order valence-corrected chi connectivity index (χ0v) is 14.8. The number of benzene rings is 3. The molecule has 0 radical (unpaired) electrons. The van der Waals surface area contributed by atoms with Gasteiger partial charge in [-0.1, -0.05) is 61.9 Å². The van der Waals surface area contributed by atoms with Crippen LogP contribution in [0, 0.1) is 0 Å². The zero-order valence-electron chi connectivity index (χ0n) is 14.8. The fourth-order valence-electron chi connectivity index (χ4n) is 4.03. The minimum Gasteiger partial charge on any atom is -0.508 e. The minimum absolute atomic E-state index is 0.0874. The van der Waals surface area contributed by atoms with Crippen molar-refractivity contribution in [2.45, 2.75) is 25.7 Å². The normalized spacial score (nSPS) is 16.0. The molecule has 1 aliphatic rings. The van der Waals surface area contributed by atoms with Crippen molar-refractivity contribution in [2.75, 3.05) is 0 Å². The summed E-state index contributed by atoms with van der Waals surface area (Å²) in [6.07, 6.45) is 2.04. The van der Waals surface area contributed by atoms with Gasteiger partial charge in [-0.15, -0.1) is 0 Å². The quantitative estimate of drug-likeness (QED) is 0.614. The lowest BCUT2D eigenvalue weighted by atomic mass is 9.84. The second-order valence-electron chi connectivity index (χ2n) is 6.80. The van der Waals surface area contributed by atoms with E-state index in [1.807, 2.05) is 30.3 Å². The number of phenolic OH excluding ortho intramolecular Hbond substituents is 2. The van der Waals surface area contributed by atoms with Gasteiger partial charge >= 0.3 is 0 Å². The fourth-order valence-corrected chi connectivity index (χ4v) is 4.03. The van der Waals surface area contributed by atoms with Gasteiger partial charge in [0.25, 0.3) is 0 Å². The first kappa shape index (κ1) is 16.5. The van der Waals surface area contributed by atoms with Gasteiger partial charge in [0.05, 0.1) is 0 Å². The number of allylic oxidation sites excluding steroid dienone is 2. The molecule has 0 spiro atoms. The van der Waals surface area contributed by atoms with Gasteiger partial charge < -0.3 is 10.2 Å². The average Bonchev–Trinajstić information content (AvgIpc) is 2.97. The van der Waals surface area contributed by atoms with Crippen LogP contribution in [0.5, 0.6) is 11.5 Å². The summed E-state index contributed by atoms with van der Waals surface area (Å²) in [5.41, 5.74) is 7.33. The summed E-state index contributed by atoms with van der Waals surface area (Å²) in [4.78, 5) is 0. The molecule has 1 atom stereocenters. The third kappa shape index (κ3) is 2.78. The van der Waals surface area contributed by atoms with E-state index in [2.05, 4.69) is 31.2 Å². The van der Waals surface area contributed by atoms with Crippen LogP contribution in [0.1, 0.15) is 47.9 Å². The highest BCUT2D eigenvalue weighted by molar-refractivity contribution is 6.01. The lowest BCUT2D eigenvalue weighted by Crippen LogP contribution is -2.01. The van der Waals surface area contributed by atoms with Crippen LogP contribution < -0.4 is 0 Å². The molecule has 0 saturated carbocycles. The molecule has 3 aromatic carbocycles. The Labute approximate surface area is 154 Å². The summed E-state index contributed by atoms with van der Waals surface area (Å²) in [6, 6.07) is 23.6. The summed E-state index contributed by atoms with van der Waals surface area (Å²) in [5.74, 6) is 0.660. The molecule has 0 bridgehead atoms. The number of hydrogen-bond donors (Lipinski definition) is 2. The number of rotatable bonds is 4. The number of fused-ring (bicyclic) bond motifs is 1.